The molecule has 0 aliphatic carbocycles. The number of sulfonamides is 1. The van der Waals surface area contributed by atoms with Crippen LogP contribution in [0.5, 0.6) is 0 Å². The smallest absolute Gasteiger partial charge is 0.245 e. The van der Waals surface area contributed by atoms with Crippen LogP contribution in [0.3, 0.4) is 0 Å². The van der Waals surface area contributed by atoms with Gasteiger partial charge in [0.25, 0.3) is 0 Å². The lowest BCUT2D eigenvalue weighted by Crippen LogP contribution is -2.49. The van der Waals surface area contributed by atoms with Crippen LogP contribution in [0, 0.1) is 0 Å². The molecule has 11 heteroatoms. The van der Waals surface area contributed by atoms with Gasteiger partial charge in [-0.05, 0) is 22.4 Å². The van der Waals surface area contributed by atoms with Crippen molar-refractivity contribution in [2.24, 2.45) is 0 Å². The Morgan fingerprint density at radius 3 is 2.60 bits per heavy atom. The Kier molecular flexibility index (Phi) is 5.87. The van der Waals surface area contributed by atoms with Crippen molar-refractivity contribution in [2.75, 3.05) is 52.5 Å². The van der Waals surface area contributed by atoms with Gasteiger partial charge in [0.1, 0.15) is 4.90 Å². The molecule has 1 N–H and O–H groups in total. The molecule has 2 aromatic rings. The summed E-state index contributed by atoms with van der Waals surface area (Å²) in [6, 6.07) is 2.91. The first kappa shape index (κ1) is 18.5. The molecule has 0 spiro atoms. The summed E-state index contributed by atoms with van der Waals surface area (Å²) in [7, 11) is -3.71. The average molecular weight is 391 g/mol. The third kappa shape index (κ3) is 3.94. The first-order valence-electron chi connectivity index (χ1n) is 7.86. The Hall–Kier alpha value is -1.30. The highest BCUT2D eigenvalue weighted by Crippen LogP contribution is 2.28. The van der Waals surface area contributed by atoms with E-state index < -0.39 is 10.0 Å². The number of benzene rings is 1. The maximum Gasteiger partial charge on any atom is 0.245 e. The summed E-state index contributed by atoms with van der Waals surface area (Å²) in [4.78, 5) is 2.17. The van der Waals surface area contributed by atoms with Crippen molar-refractivity contribution in [3.8, 4) is 0 Å². The molecule has 0 radical (unpaired) electrons. The van der Waals surface area contributed by atoms with Gasteiger partial charge in [-0.1, -0.05) is 11.6 Å². The van der Waals surface area contributed by atoms with E-state index in [9.17, 15) is 8.42 Å². The zero-order valence-corrected chi connectivity index (χ0v) is 15.0. The Bertz CT molecular complexity index is 820. The first-order valence-corrected chi connectivity index (χ1v) is 9.67. The fourth-order valence-corrected chi connectivity index (χ4v) is 4.44. The van der Waals surface area contributed by atoms with Crippen LogP contribution in [-0.2, 0) is 14.8 Å². The number of halogens is 1. The monoisotopic (exact) mass is 390 g/mol. The van der Waals surface area contributed by atoms with Crippen LogP contribution in [0.2, 0.25) is 5.02 Å². The second-order valence-electron chi connectivity index (χ2n) is 5.59. The molecule has 0 unspecified atom stereocenters. The topological polar surface area (TPSA) is 109 Å². The Labute approximate surface area is 150 Å². The zero-order valence-electron chi connectivity index (χ0n) is 13.5. The van der Waals surface area contributed by atoms with E-state index in [1.165, 1.54) is 16.4 Å². The van der Waals surface area contributed by atoms with E-state index in [1.807, 2.05) is 0 Å². The van der Waals surface area contributed by atoms with Crippen molar-refractivity contribution in [3.05, 3.63) is 17.2 Å². The number of aliphatic hydroxyl groups excluding tert-OH is 1. The SMILES string of the molecule is O=S(=O)(c1ccc(Cl)c2nonc12)N1CCN(CCOCCO)CC1. The van der Waals surface area contributed by atoms with E-state index in [0.29, 0.717) is 51.0 Å². The summed E-state index contributed by atoms with van der Waals surface area (Å²) < 4.78 is 37.1. The van der Waals surface area contributed by atoms with E-state index in [1.54, 1.807) is 0 Å². The fraction of sp³-hybridized carbons (Fsp3) is 0.571. The molecular weight excluding hydrogens is 372 g/mol. The molecule has 1 aliphatic heterocycles. The van der Waals surface area contributed by atoms with E-state index in [2.05, 4.69) is 19.8 Å². The van der Waals surface area contributed by atoms with Crippen molar-refractivity contribution in [1.82, 2.24) is 19.5 Å². The predicted molar refractivity (Wildman–Crippen MR) is 89.9 cm³/mol. The fourth-order valence-electron chi connectivity index (χ4n) is 2.71. The minimum absolute atomic E-state index is 0.00150. The van der Waals surface area contributed by atoms with Gasteiger partial charge in [-0.2, -0.15) is 4.31 Å². The van der Waals surface area contributed by atoms with Gasteiger partial charge in [-0.3, -0.25) is 4.90 Å². The maximum atomic E-state index is 12.9. The van der Waals surface area contributed by atoms with Crippen molar-refractivity contribution >= 4 is 32.7 Å². The summed E-state index contributed by atoms with van der Waals surface area (Å²) in [5.74, 6) is 0. The van der Waals surface area contributed by atoms with E-state index in [4.69, 9.17) is 21.4 Å². The molecule has 0 saturated carbocycles. The van der Waals surface area contributed by atoms with Gasteiger partial charge >= 0.3 is 0 Å². The Morgan fingerprint density at radius 1 is 1.16 bits per heavy atom. The van der Waals surface area contributed by atoms with E-state index in [-0.39, 0.29) is 22.5 Å². The number of hydrogen-bond donors (Lipinski definition) is 1. The standard InChI is InChI=1S/C14H19ClN4O5S/c15-11-1-2-12(14-13(11)16-24-17-14)25(21,22)19-5-3-18(4-6-19)7-9-23-10-8-20/h1-2,20H,3-10H2. The molecule has 2 heterocycles. The summed E-state index contributed by atoms with van der Waals surface area (Å²) in [6.45, 7) is 3.48. The van der Waals surface area contributed by atoms with E-state index >= 15 is 0 Å². The third-order valence-corrected chi connectivity index (χ3v) is 6.30. The average Bonchev–Trinajstić information content (AvgIpc) is 3.10. The minimum atomic E-state index is -3.71. The highest BCUT2D eigenvalue weighted by atomic mass is 35.5. The Morgan fingerprint density at radius 2 is 1.88 bits per heavy atom. The highest BCUT2D eigenvalue weighted by Gasteiger charge is 2.31. The second kappa shape index (κ2) is 7.94. The van der Waals surface area contributed by atoms with E-state index in [0.717, 1.165) is 0 Å². The quantitative estimate of drug-likeness (QED) is 0.667. The number of aliphatic hydroxyl groups is 1. The van der Waals surface area contributed by atoms with Crippen molar-refractivity contribution in [1.29, 1.82) is 0 Å². The molecule has 138 valence electrons. The van der Waals surface area contributed by atoms with Gasteiger partial charge < -0.3 is 9.84 Å². The summed E-state index contributed by atoms with van der Waals surface area (Å²) in [5.41, 5.74) is 0.384. The molecule has 1 aromatic carbocycles. The number of aromatic nitrogens is 2. The molecule has 0 atom stereocenters. The summed E-state index contributed by atoms with van der Waals surface area (Å²) in [5, 5.41) is 16.3. The number of piperazine rings is 1. The van der Waals surface area contributed by atoms with Crippen LogP contribution in [0.25, 0.3) is 11.0 Å². The number of ether oxygens (including phenoxy) is 1. The van der Waals surface area contributed by atoms with Crippen molar-refractivity contribution < 1.29 is 22.9 Å². The van der Waals surface area contributed by atoms with Gasteiger partial charge in [0.15, 0.2) is 11.0 Å². The molecule has 25 heavy (non-hydrogen) atoms. The maximum absolute atomic E-state index is 12.9. The molecule has 3 rings (SSSR count). The largest absolute Gasteiger partial charge is 0.394 e. The number of fused-ring (bicyclic) bond motifs is 1. The highest BCUT2D eigenvalue weighted by molar-refractivity contribution is 7.89. The van der Waals surface area contributed by atoms with Gasteiger partial charge in [0, 0.05) is 32.7 Å². The van der Waals surface area contributed by atoms with Crippen molar-refractivity contribution in [3.63, 3.8) is 0 Å². The molecule has 1 saturated heterocycles. The van der Waals surface area contributed by atoms with Gasteiger partial charge in [0.2, 0.25) is 10.0 Å². The molecule has 0 bridgehead atoms. The van der Waals surface area contributed by atoms with Crippen LogP contribution in [-0.4, -0.2) is 85.6 Å². The molecule has 1 aliphatic rings. The van der Waals surface area contributed by atoms with Gasteiger partial charge in [-0.15, -0.1) is 0 Å². The molecule has 1 fully saturated rings. The minimum Gasteiger partial charge on any atom is -0.394 e. The predicted octanol–water partition coefficient (Wildman–Crippen LogP) is 0.191. The second-order valence-corrected chi connectivity index (χ2v) is 7.90. The van der Waals surface area contributed by atoms with Crippen LogP contribution < -0.4 is 0 Å². The van der Waals surface area contributed by atoms with Crippen molar-refractivity contribution in [2.45, 2.75) is 4.90 Å². The van der Waals surface area contributed by atoms with Gasteiger partial charge in [-0.25, -0.2) is 13.0 Å². The lowest BCUT2D eigenvalue weighted by atomic mass is 10.3. The van der Waals surface area contributed by atoms with Crippen LogP contribution in [0.4, 0.5) is 0 Å². The number of nitrogens with zero attached hydrogens (tertiary/aromatic N) is 4. The molecule has 0 amide bonds. The first-order chi connectivity index (χ1) is 12.0. The number of hydrogen-bond acceptors (Lipinski definition) is 8. The lowest BCUT2D eigenvalue weighted by Gasteiger charge is -2.33. The summed E-state index contributed by atoms with van der Waals surface area (Å²) in [6.07, 6.45) is 0. The third-order valence-electron chi connectivity index (χ3n) is 4.07. The molecule has 9 nitrogen and oxygen atoms in total. The normalized spacial score (nSPS) is 17.4. The number of rotatable bonds is 7. The lowest BCUT2D eigenvalue weighted by molar-refractivity contribution is 0.0661. The summed E-state index contributed by atoms with van der Waals surface area (Å²) >= 11 is 5.99. The van der Waals surface area contributed by atoms with Crippen LogP contribution in [0.15, 0.2) is 21.7 Å². The van der Waals surface area contributed by atoms with Gasteiger partial charge in [0.05, 0.1) is 24.8 Å². The van der Waals surface area contributed by atoms with Crippen LogP contribution >= 0.6 is 11.6 Å². The van der Waals surface area contributed by atoms with Crippen LogP contribution in [0.1, 0.15) is 0 Å². The Balaban J connectivity index is 1.68. The molecular formula is C14H19ClN4O5S. The zero-order chi connectivity index (χ0) is 17.9. The molecule has 1 aromatic heterocycles.